The first-order valence-corrected chi connectivity index (χ1v) is 33.7. The Labute approximate surface area is 560 Å². The molecule has 32 heteroatoms. The number of primary amides is 1. The number of nitriles is 1. The summed E-state index contributed by atoms with van der Waals surface area (Å²) in [5.41, 5.74) is 10.8. The third-order valence-electron chi connectivity index (χ3n) is 16.0. The molecule has 0 spiro atoms. The summed E-state index contributed by atoms with van der Waals surface area (Å²) in [4.78, 5) is 111. The van der Waals surface area contributed by atoms with Gasteiger partial charge in [0.1, 0.15) is 78.2 Å². The molecule has 6 N–H and O–H groups in total. The number of benzene rings is 4. The van der Waals surface area contributed by atoms with Gasteiger partial charge < -0.3 is 63.4 Å². The van der Waals surface area contributed by atoms with E-state index in [0.29, 0.717) is 69.3 Å². The molecule has 0 bridgehead atoms. The monoisotopic (exact) mass is 1360 g/mol. The number of aromatic nitrogens is 1. The molecule has 0 radical (unpaired) electrons. The first-order valence-electron chi connectivity index (χ1n) is 30.7. The number of nitrogens with zero attached hydrogens (tertiary/aromatic N) is 2. The molecule has 4 aromatic carbocycles. The van der Waals surface area contributed by atoms with Crippen molar-refractivity contribution in [3.8, 4) is 29.1 Å². The molecule has 0 aliphatic carbocycles. The first kappa shape index (κ1) is 76.3. The van der Waals surface area contributed by atoms with E-state index in [2.05, 4.69) is 9.72 Å². The van der Waals surface area contributed by atoms with Crippen molar-refractivity contribution in [3.63, 3.8) is 0 Å². The smallest absolute Gasteiger partial charge is 0.526 e. The van der Waals surface area contributed by atoms with E-state index < -0.39 is 79.7 Å². The third-order valence-corrected chi connectivity index (χ3v) is 17.8. The predicted octanol–water partition coefficient (Wildman–Crippen LogP) is 5.75. The van der Waals surface area contributed by atoms with Gasteiger partial charge in [0.2, 0.25) is 5.91 Å². The number of fused-ring (bicyclic) bond motifs is 4. The fraction of sp³-hybridized carbons (Fsp3) is 0.422. The fourth-order valence-corrected chi connectivity index (χ4v) is 12.3. The summed E-state index contributed by atoms with van der Waals surface area (Å²) in [7, 11) is -2.66. The van der Waals surface area contributed by atoms with Crippen LogP contribution in [0.1, 0.15) is 146 Å². The second-order valence-corrected chi connectivity index (χ2v) is 26.4. The van der Waals surface area contributed by atoms with Crippen molar-refractivity contribution in [2.75, 3.05) is 40.4 Å². The number of hydrogen-bond acceptors (Lipinski definition) is 26. The molecule has 4 atom stereocenters. The number of unbranched alkanes of at least 4 members (excludes halogenated alkanes) is 1. The number of amides is 1. The number of carbonyl (C=O) groups excluding carboxylic acids is 9. The zero-order chi connectivity index (χ0) is 70.2. The molecule has 96 heavy (non-hydrogen) atoms. The highest BCUT2D eigenvalue weighted by Crippen LogP contribution is 2.41. The average Bonchev–Trinajstić information content (AvgIpc) is 0.833. The van der Waals surface area contributed by atoms with Crippen LogP contribution in [0.3, 0.4) is 0 Å². The first-order chi connectivity index (χ1) is 45.8. The summed E-state index contributed by atoms with van der Waals surface area (Å²) >= 11 is 1.53. The molecule has 0 unspecified atom stereocenters. The van der Waals surface area contributed by atoms with Crippen molar-refractivity contribution in [1.29, 1.82) is 5.26 Å². The number of Topliss-reactive ketones (excluding diaryl/α,β-unsaturated/α-hetero) is 4. The zero-order valence-electron chi connectivity index (χ0n) is 53.8. The Balaban J connectivity index is 0.000000203. The van der Waals surface area contributed by atoms with Crippen molar-refractivity contribution in [1.82, 2.24) is 4.98 Å². The van der Waals surface area contributed by atoms with Gasteiger partial charge in [0, 0.05) is 105 Å². The van der Waals surface area contributed by atoms with Gasteiger partial charge in [-0.15, -0.1) is 11.3 Å². The topological polar surface area (TPSA) is 405 Å². The molecule has 9 rings (SSSR count). The van der Waals surface area contributed by atoms with Gasteiger partial charge in [0.05, 0.1) is 45.8 Å². The highest BCUT2D eigenvalue weighted by molar-refractivity contribution is 7.90. The number of thiazole rings is 1. The maximum Gasteiger partial charge on any atom is 0.526 e. The molecule has 5 heterocycles. The molecule has 0 saturated carbocycles. The third kappa shape index (κ3) is 22.4. The van der Waals surface area contributed by atoms with Gasteiger partial charge >= 0.3 is 52.4 Å². The van der Waals surface area contributed by atoms with E-state index in [1.165, 1.54) is 39.8 Å². The minimum Gasteiger partial charge on any atom is -0.535 e. The number of methoxy groups -OCH3 is 4. The number of aryl methyl sites for hydroxylation is 1. The lowest BCUT2D eigenvalue weighted by Crippen LogP contribution is -2.36. The Morgan fingerprint density at radius 3 is 1.15 bits per heavy atom. The number of sulfone groups is 1. The van der Waals surface area contributed by atoms with Crippen molar-refractivity contribution >= 4 is 103 Å². The zero-order valence-corrected chi connectivity index (χ0v) is 55.4. The van der Waals surface area contributed by atoms with Crippen LogP contribution >= 0.6 is 11.3 Å². The molecule has 508 valence electrons. The summed E-state index contributed by atoms with van der Waals surface area (Å²) in [6.45, 7) is 0. The Kier molecular flexibility index (Phi) is 29.4. The average molecular weight is 1360 g/mol. The molecule has 1 aromatic heterocycles. The van der Waals surface area contributed by atoms with Crippen molar-refractivity contribution in [2.45, 2.75) is 132 Å². The van der Waals surface area contributed by atoms with Gasteiger partial charge in [-0.2, -0.15) is 5.26 Å². The SMILES string of the molecule is COC(=O)c1cccc2c1OB(O)[C@@H](CC(=O)CCC(N)=O)C2.COC(=O)c1cccc2c1OB(O)[C@@H](CC(=O)CCCC#N)C2.COC(=O)c1cccc2c1OB(O)[C@@H](CC(=O)CCCS(C)(=O)=O)C2.COC(=O)c1cccc2c1OB(O)[C@@H](CC(=O)CCc1cncs1)C2. The molecule has 4 aliphatic rings. The lowest BCUT2D eigenvalue weighted by molar-refractivity contribution is -0.123. The largest absolute Gasteiger partial charge is 0.535 e. The molecular weight excluding hydrogens is 1290 g/mol. The molecule has 1 amide bonds. The van der Waals surface area contributed by atoms with Crippen LogP contribution in [0.25, 0.3) is 0 Å². The van der Waals surface area contributed by atoms with Gasteiger partial charge in [-0.1, -0.05) is 48.5 Å². The Bertz CT molecular complexity index is 3760. The Morgan fingerprint density at radius 1 is 0.531 bits per heavy atom. The number of ketones is 4. The number of rotatable bonds is 25. The van der Waals surface area contributed by atoms with Crippen LogP contribution in [0.2, 0.25) is 23.3 Å². The van der Waals surface area contributed by atoms with Crippen molar-refractivity contribution in [3.05, 3.63) is 134 Å². The maximum atomic E-state index is 12.2. The summed E-state index contributed by atoms with van der Waals surface area (Å²) in [6, 6.07) is 22.3. The second kappa shape index (κ2) is 37.0. The van der Waals surface area contributed by atoms with Gasteiger partial charge in [0.15, 0.2) is 0 Å². The number of para-hydroxylation sites is 4. The van der Waals surface area contributed by atoms with Gasteiger partial charge in [-0.25, -0.2) is 27.6 Å². The van der Waals surface area contributed by atoms with E-state index >= 15 is 0 Å². The molecule has 4 aliphatic heterocycles. The van der Waals surface area contributed by atoms with Crippen molar-refractivity contribution in [2.24, 2.45) is 5.73 Å². The van der Waals surface area contributed by atoms with Crippen molar-refractivity contribution < 1.29 is 109 Å². The lowest BCUT2D eigenvalue weighted by Gasteiger charge is -2.28. The van der Waals surface area contributed by atoms with Gasteiger partial charge in [-0.05, 0) is 91.5 Å². The number of carbonyl (C=O) groups is 9. The van der Waals surface area contributed by atoms with Crippen LogP contribution in [0, 0.1) is 11.3 Å². The van der Waals surface area contributed by atoms with E-state index in [-0.39, 0.29) is 126 Å². The number of ether oxygens (including phenoxy) is 4. The van der Waals surface area contributed by atoms with Crippen LogP contribution < -0.4 is 24.4 Å². The van der Waals surface area contributed by atoms with Crippen LogP contribution in [-0.4, -0.2) is 155 Å². The molecule has 0 fully saturated rings. The Hall–Kier alpha value is -8.72. The summed E-state index contributed by atoms with van der Waals surface area (Å²) in [6.07, 6.45) is 7.94. The molecular formula is C64H75B4N3O23S2. The van der Waals surface area contributed by atoms with E-state index in [1.54, 1.807) is 78.4 Å². The van der Waals surface area contributed by atoms with Crippen LogP contribution in [-0.2, 0) is 84.9 Å². The standard InChI is InChI=1S/C17H18BNO5S.C16H18BNO5.C16H21BO7S.C15H18BNO6/c1-23-17(21)15-4-2-3-11-7-12(18(22)24-16(11)15)8-13(20)5-6-14-9-19-10-25-14;1-22-16(20)14-7-4-5-11-9-12(17(21)23-15(11)14)10-13(19)6-2-3-8-18;1-23-16(19)14-7-3-5-11-9-12(17(20)24-15(11)14)10-13(18)6-4-8-25(2,21)22;1-22-15(20)12-4-2-3-9-7-10(16(21)23-14(9)12)8-11(18)5-6-13(17)19/h2-4,9-10,12,22H,5-8H2,1H3;4-5,7,12,21H,2-3,6,9-10H2,1H3;3,5,7,12,20H,4,6,8-10H2,1-2H3;2-4,10,21H,5-8H2,1H3,(H2,17,19)/t3*12-;10-/m1111/s1. The summed E-state index contributed by atoms with van der Waals surface area (Å²) in [5, 5.41) is 49.2. The van der Waals surface area contributed by atoms with Crippen LogP contribution in [0.5, 0.6) is 23.0 Å². The molecule has 5 aromatic rings. The van der Waals surface area contributed by atoms with E-state index in [4.69, 9.17) is 43.8 Å². The van der Waals surface area contributed by atoms with Crippen LogP contribution in [0.15, 0.2) is 84.5 Å². The van der Waals surface area contributed by atoms with Gasteiger partial charge in [-0.3, -0.25) is 29.0 Å². The van der Waals surface area contributed by atoms with E-state index in [9.17, 15) is 71.7 Å². The lowest BCUT2D eigenvalue weighted by atomic mass is 9.64. The minimum atomic E-state index is -3.09. The number of esters is 4. The van der Waals surface area contributed by atoms with E-state index in [1.807, 2.05) is 12.1 Å². The summed E-state index contributed by atoms with van der Waals surface area (Å²) < 4.78 is 62.9. The predicted molar refractivity (Wildman–Crippen MR) is 351 cm³/mol. The molecule has 0 saturated heterocycles. The highest BCUT2D eigenvalue weighted by atomic mass is 32.2. The Morgan fingerprint density at radius 2 is 0.854 bits per heavy atom. The normalized spacial score (nSPS) is 16.3. The quantitative estimate of drug-likeness (QED) is 0.0201. The maximum absolute atomic E-state index is 12.2. The number of nitrogens with two attached hydrogens (primary N) is 1. The fourth-order valence-electron chi connectivity index (χ4n) is 11.1. The highest BCUT2D eigenvalue weighted by Gasteiger charge is 2.42. The number of hydrogen-bond donors (Lipinski definition) is 5. The minimum absolute atomic E-state index is 0.000438. The van der Waals surface area contributed by atoms with Crippen LogP contribution in [0.4, 0.5) is 0 Å². The second-order valence-electron chi connectivity index (χ2n) is 23.2. The molecule has 26 nitrogen and oxygen atoms in total. The van der Waals surface area contributed by atoms with Gasteiger partial charge in [0.25, 0.3) is 0 Å². The summed E-state index contributed by atoms with van der Waals surface area (Å²) in [5.74, 6) is -3.25. The van der Waals surface area contributed by atoms with E-state index in [0.717, 1.165) is 33.4 Å².